The third-order valence-electron chi connectivity index (χ3n) is 2.18. The molecule has 1 aromatic carbocycles. The van der Waals surface area contributed by atoms with Crippen molar-refractivity contribution in [2.75, 3.05) is 11.1 Å². The number of carbonyl (C=O) groups is 1. The van der Waals surface area contributed by atoms with Gasteiger partial charge in [-0.2, -0.15) is 26.3 Å². The first-order chi connectivity index (χ1) is 8.93. The summed E-state index contributed by atoms with van der Waals surface area (Å²) in [7, 11) is 0. The highest BCUT2D eigenvalue weighted by atomic mass is 79.9. The molecule has 0 atom stereocenters. The molecule has 0 aromatic heterocycles. The Kier molecular flexibility index (Phi) is 4.57. The van der Waals surface area contributed by atoms with Crippen LogP contribution in [0.25, 0.3) is 0 Å². The number of anilines is 2. The normalized spacial score (nSPS) is 12.6. The first kappa shape index (κ1) is 16.6. The fourth-order valence-electron chi connectivity index (χ4n) is 1.32. The van der Waals surface area contributed by atoms with Crippen molar-refractivity contribution in [3.63, 3.8) is 0 Å². The zero-order valence-corrected chi connectivity index (χ0v) is 11.0. The van der Waals surface area contributed by atoms with Gasteiger partial charge in [0.25, 0.3) is 0 Å². The second-order valence-electron chi connectivity index (χ2n) is 3.74. The fraction of sp³-hybridized carbons (Fsp3) is 0.300. The van der Waals surface area contributed by atoms with Crippen LogP contribution < -0.4 is 11.1 Å². The average Bonchev–Trinajstić information content (AvgIpc) is 2.18. The Bertz CT molecular complexity index is 499. The summed E-state index contributed by atoms with van der Waals surface area (Å²) in [5, 5.41) is 1.54. The number of nitrogens with two attached hydrogens (primary N) is 1. The molecular formula is C10H7BrF6N2O. The van der Waals surface area contributed by atoms with Gasteiger partial charge in [0.2, 0.25) is 11.8 Å². The van der Waals surface area contributed by atoms with Crippen molar-refractivity contribution in [1.29, 1.82) is 0 Å². The van der Waals surface area contributed by atoms with Gasteiger partial charge in [-0.15, -0.1) is 0 Å². The fourth-order valence-corrected chi connectivity index (χ4v) is 1.57. The maximum atomic E-state index is 12.3. The highest BCUT2D eigenvalue weighted by Crippen LogP contribution is 2.40. The molecule has 20 heavy (non-hydrogen) atoms. The summed E-state index contributed by atoms with van der Waals surface area (Å²) in [4.78, 5) is 11.2. The average molecular weight is 365 g/mol. The smallest absolute Gasteiger partial charge is 0.398 e. The van der Waals surface area contributed by atoms with E-state index in [0.717, 1.165) is 12.1 Å². The van der Waals surface area contributed by atoms with Crippen LogP contribution in [-0.4, -0.2) is 18.3 Å². The van der Waals surface area contributed by atoms with E-state index in [1.165, 1.54) is 6.07 Å². The molecule has 0 aliphatic carbocycles. The van der Waals surface area contributed by atoms with E-state index in [1.807, 2.05) is 0 Å². The highest BCUT2D eigenvalue weighted by molar-refractivity contribution is 9.10. The molecule has 1 amide bonds. The Morgan fingerprint density at radius 3 is 2.05 bits per heavy atom. The standard InChI is InChI=1S/C10H7BrF6N2O/c11-5-2-1-4(3-6(5)18)19-8(20)7(9(12,13)14)10(15,16)17/h1-3,7H,18H2,(H,19,20). The molecule has 0 saturated carbocycles. The van der Waals surface area contributed by atoms with E-state index in [9.17, 15) is 31.1 Å². The van der Waals surface area contributed by atoms with Gasteiger partial charge in [0.15, 0.2) is 0 Å². The Morgan fingerprint density at radius 1 is 1.15 bits per heavy atom. The Balaban J connectivity index is 3.00. The van der Waals surface area contributed by atoms with Gasteiger partial charge in [0, 0.05) is 15.8 Å². The highest BCUT2D eigenvalue weighted by Gasteiger charge is 2.61. The number of benzene rings is 1. The lowest BCUT2D eigenvalue weighted by Crippen LogP contribution is -2.45. The molecule has 10 heteroatoms. The summed E-state index contributed by atoms with van der Waals surface area (Å²) in [5.41, 5.74) is 5.19. The second-order valence-corrected chi connectivity index (χ2v) is 4.60. The molecule has 3 N–H and O–H groups in total. The van der Waals surface area contributed by atoms with Crippen LogP contribution in [0.3, 0.4) is 0 Å². The summed E-state index contributed by atoms with van der Waals surface area (Å²) >= 11 is 2.99. The number of rotatable bonds is 2. The van der Waals surface area contributed by atoms with Crippen molar-refractivity contribution in [2.45, 2.75) is 12.4 Å². The molecule has 0 spiro atoms. The van der Waals surface area contributed by atoms with Gasteiger partial charge in [0.1, 0.15) is 0 Å². The van der Waals surface area contributed by atoms with Gasteiger partial charge >= 0.3 is 12.4 Å². The second kappa shape index (κ2) is 5.51. The van der Waals surface area contributed by atoms with Crippen molar-refractivity contribution in [3.05, 3.63) is 22.7 Å². The van der Waals surface area contributed by atoms with Crippen molar-refractivity contribution in [2.24, 2.45) is 5.92 Å². The summed E-state index contributed by atoms with van der Waals surface area (Å²) in [6.45, 7) is 0. The lowest BCUT2D eigenvalue weighted by molar-refractivity contribution is -0.272. The van der Waals surface area contributed by atoms with E-state index in [2.05, 4.69) is 15.9 Å². The summed E-state index contributed by atoms with van der Waals surface area (Å²) in [5.74, 6) is -6.31. The number of hydrogen-bond donors (Lipinski definition) is 2. The molecule has 0 heterocycles. The molecule has 0 aliphatic heterocycles. The van der Waals surface area contributed by atoms with E-state index in [1.54, 1.807) is 5.32 Å². The molecule has 0 unspecified atom stereocenters. The van der Waals surface area contributed by atoms with Crippen LogP contribution in [0.2, 0.25) is 0 Å². The molecule has 0 fully saturated rings. The summed E-state index contributed by atoms with van der Waals surface area (Å²) in [6.07, 6.45) is -11.5. The first-order valence-corrected chi connectivity index (χ1v) is 5.71. The quantitative estimate of drug-likeness (QED) is 0.620. The molecule has 3 nitrogen and oxygen atoms in total. The number of nitrogens with one attached hydrogen (secondary N) is 1. The predicted molar refractivity (Wildman–Crippen MR) is 62.8 cm³/mol. The van der Waals surface area contributed by atoms with Gasteiger partial charge in [-0.3, -0.25) is 4.79 Å². The minimum Gasteiger partial charge on any atom is -0.398 e. The van der Waals surface area contributed by atoms with Gasteiger partial charge in [-0.05, 0) is 34.1 Å². The van der Waals surface area contributed by atoms with Crippen molar-refractivity contribution in [1.82, 2.24) is 0 Å². The number of halogens is 7. The molecule has 0 aliphatic rings. The third kappa shape index (κ3) is 4.02. The van der Waals surface area contributed by atoms with E-state index < -0.39 is 24.2 Å². The monoisotopic (exact) mass is 364 g/mol. The van der Waals surface area contributed by atoms with Crippen LogP contribution >= 0.6 is 15.9 Å². The van der Waals surface area contributed by atoms with Gasteiger partial charge in [-0.25, -0.2) is 0 Å². The number of nitrogen functional groups attached to an aromatic ring is 1. The van der Waals surface area contributed by atoms with Crippen molar-refractivity contribution < 1.29 is 31.1 Å². The van der Waals surface area contributed by atoms with Crippen LogP contribution in [-0.2, 0) is 4.79 Å². The zero-order valence-electron chi connectivity index (χ0n) is 9.44. The minimum absolute atomic E-state index is 0.0540. The molecule has 112 valence electrons. The number of carbonyl (C=O) groups excluding carboxylic acids is 1. The maximum absolute atomic E-state index is 12.3. The van der Waals surface area contributed by atoms with Crippen LogP contribution in [0.15, 0.2) is 22.7 Å². The van der Waals surface area contributed by atoms with Crippen molar-refractivity contribution in [3.8, 4) is 0 Å². The third-order valence-corrected chi connectivity index (χ3v) is 2.90. The van der Waals surface area contributed by atoms with Crippen LogP contribution in [0.1, 0.15) is 0 Å². The van der Waals surface area contributed by atoms with E-state index in [-0.39, 0.29) is 11.4 Å². The van der Waals surface area contributed by atoms with Crippen LogP contribution in [0, 0.1) is 5.92 Å². The van der Waals surface area contributed by atoms with Crippen LogP contribution in [0.5, 0.6) is 0 Å². The Labute approximate surface area is 117 Å². The van der Waals surface area contributed by atoms with E-state index in [0.29, 0.717) is 4.47 Å². The van der Waals surface area contributed by atoms with Gasteiger partial charge < -0.3 is 11.1 Å². The Morgan fingerprint density at radius 2 is 1.65 bits per heavy atom. The van der Waals surface area contributed by atoms with Crippen molar-refractivity contribution >= 4 is 33.2 Å². The molecule has 1 aromatic rings. The molecular weight excluding hydrogens is 358 g/mol. The largest absolute Gasteiger partial charge is 0.409 e. The summed E-state index contributed by atoms with van der Waals surface area (Å²) in [6, 6.07) is 3.43. The van der Waals surface area contributed by atoms with E-state index >= 15 is 0 Å². The molecule has 0 saturated heterocycles. The molecule has 1 rings (SSSR count). The summed E-state index contributed by atoms with van der Waals surface area (Å²) < 4.78 is 74.2. The number of amides is 1. The van der Waals surface area contributed by atoms with Gasteiger partial charge in [0.05, 0.1) is 0 Å². The topological polar surface area (TPSA) is 55.1 Å². The van der Waals surface area contributed by atoms with Gasteiger partial charge in [-0.1, -0.05) is 0 Å². The van der Waals surface area contributed by atoms with Crippen LogP contribution in [0.4, 0.5) is 37.7 Å². The molecule has 0 radical (unpaired) electrons. The molecule has 0 bridgehead atoms. The minimum atomic E-state index is -5.73. The first-order valence-electron chi connectivity index (χ1n) is 4.92. The SMILES string of the molecule is Nc1cc(NC(=O)C(C(F)(F)F)C(F)(F)F)ccc1Br. The lowest BCUT2D eigenvalue weighted by Gasteiger charge is -2.22. The number of hydrogen-bond acceptors (Lipinski definition) is 2. The lowest BCUT2D eigenvalue weighted by atomic mass is 10.1. The zero-order chi connectivity index (χ0) is 15.7. The maximum Gasteiger partial charge on any atom is 0.409 e. The Hall–Kier alpha value is -1.45. The van der Waals surface area contributed by atoms with E-state index in [4.69, 9.17) is 5.73 Å². The number of alkyl halides is 6. The predicted octanol–water partition coefficient (Wildman–Crippen LogP) is 3.71.